The second-order valence-electron chi connectivity index (χ2n) is 6.66. The highest BCUT2D eigenvalue weighted by Crippen LogP contribution is 2.29. The van der Waals surface area contributed by atoms with E-state index in [1.807, 2.05) is 12.1 Å². The molecule has 0 unspecified atom stereocenters. The third-order valence-corrected chi connectivity index (χ3v) is 4.28. The van der Waals surface area contributed by atoms with Crippen LogP contribution in [-0.2, 0) is 6.54 Å². The largest absolute Gasteiger partial charge is 0.347 e. The van der Waals surface area contributed by atoms with Crippen LogP contribution in [0.1, 0.15) is 46.9 Å². The molecule has 0 radical (unpaired) electrons. The van der Waals surface area contributed by atoms with Gasteiger partial charge in [0, 0.05) is 24.6 Å². The van der Waals surface area contributed by atoms with Gasteiger partial charge in [-0.3, -0.25) is 9.78 Å². The highest BCUT2D eigenvalue weighted by molar-refractivity contribution is 5.92. The number of benzene rings is 1. The molecule has 1 aromatic carbocycles. The van der Waals surface area contributed by atoms with E-state index in [2.05, 4.69) is 64.8 Å². The second kappa shape index (κ2) is 8.40. The fourth-order valence-electron chi connectivity index (χ4n) is 2.76. The van der Waals surface area contributed by atoms with Crippen LogP contribution in [0, 0.1) is 6.92 Å². The maximum atomic E-state index is 12.2. The van der Waals surface area contributed by atoms with Gasteiger partial charge in [0.05, 0.1) is 0 Å². The predicted molar refractivity (Wildman–Crippen MR) is 106 cm³/mol. The summed E-state index contributed by atoms with van der Waals surface area (Å²) in [5, 5.41) is 14.4. The molecule has 0 fully saturated rings. The molecule has 0 saturated carbocycles. The average Bonchev–Trinajstić information content (AvgIpc) is 2.69. The zero-order chi connectivity index (χ0) is 19.2. The molecule has 0 spiro atoms. The number of hydrogen-bond donors (Lipinski definition) is 2. The number of anilines is 2. The summed E-state index contributed by atoms with van der Waals surface area (Å²) < 4.78 is 0. The first kappa shape index (κ1) is 18.5. The highest BCUT2D eigenvalue weighted by atomic mass is 16.1. The van der Waals surface area contributed by atoms with E-state index in [1.54, 1.807) is 24.5 Å². The number of nitrogens with zero attached hydrogens (tertiary/aromatic N) is 3. The SMILES string of the molecule is Cc1cccc(C(C)C)c1Nc1ccc(C(=O)NCc2ccncc2)nn1. The molecule has 0 aliphatic heterocycles. The van der Waals surface area contributed by atoms with Crippen LogP contribution in [0.5, 0.6) is 0 Å². The molecule has 0 saturated heterocycles. The number of carbonyl (C=O) groups excluding carboxylic acids is 1. The lowest BCUT2D eigenvalue weighted by Crippen LogP contribution is -2.24. The topological polar surface area (TPSA) is 79.8 Å². The number of rotatable bonds is 6. The standard InChI is InChI=1S/C21H23N5O/c1-14(2)17-6-4-5-15(3)20(17)24-19-8-7-18(25-26-19)21(27)23-13-16-9-11-22-12-10-16/h4-12,14H,13H2,1-3H3,(H,23,27)(H,24,26). The van der Waals surface area contributed by atoms with Gasteiger partial charge in [-0.25, -0.2) is 0 Å². The van der Waals surface area contributed by atoms with E-state index in [1.165, 1.54) is 5.56 Å². The molecule has 138 valence electrons. The normalized spacial score (nSPS) is 10.7. The van der Waals surface area contributed by atoms with Gasteiger partial charge in [0.25, 0.3) is 5.91 Å². The fraction of sp³-hybridized carbons (Fsp3) is 0.238. The van der Waals surface area contributed by atoms with Crippen molar-refractivity contribution in [2.45, 2.75) is 33.2 Å². The predicted octanol–water partition coefficient (Wildman–Crippen LogP) is 3.98. The summed E-state index contributed by atoms with van der Waals surface area (Å²) in [6.07, 6.45) is 3.39. The Kier molecular flexibility index (Phi) is 5.76. The van der Waals surface area contributed by atoms with E-state index in [9.17, 15) is 4.79 Å². The maximum Gasteiger partial charge on any atom is 0.272 e. The van der Waals surface area contributed by atoms with E-state index in [-0.39, 0.29) is 11.6 Å². The van der Waals surface area contributed by atoms with Crippen molar-refractivity contribution in [1.29, 1.82) is 0 Å². The summed E-state index contributed by atoms with van der Waals surface area (Å²) in [5.41, 5.74) is 4.66. The number of nitrogens with one attached hydrogen (secondary N) is 2. The van der Waals surface area contributed by atoms with Crippen LogP contribution in [0.3, 0.4) is 0 Å². The van der Waals surface area contributed by atoms with Crippen LogP contribution >= 0.6 is 0 Å². The molecule has 3 aromatic rings. The number of hydrogen-bond acceptors (Lipinski definition) is 5. The van der Waals surface area contributed by atoms with Gasteiger partial charge in [-0.1, -0.05) is 32.0 Å². The lowest BCUT2D eigenvalue weighted by atomic mass is 9.98. The first-order valence-electron chi connectivity index (χ1n) is 8.92. The first-order valence-corrected chi connectivity index (χ1v) is 8.92. The molecule has 6 heteroatoms. The Morgan fingerprint density at radius 3 is 2.48 bits per heavy atom. The van der Waals surface area contributed by atoms with Gasteiger partial charge in [0.2, 0.25) is 0 Å². The molecule has 0 aliphatic carbocycles. The Hall–Kier alpha value is -3.28. The average molecular weight is 361 g/mol. The minimum Gasteiger partial charge on any atom is -0.347 e. The van der Waals surface area contributed by atoms with Crippen LogP contribution in [0.15, 0.2) is 54.9 Å². The summed E-state index contributed by atoms with van der Waals surface area (Å²) in [6, 6.07) is 13.4. The van der Waals surface area contributed by atoms with Crippen LogP contribution < -0.4 is 10.6 Å². The molecule has 0 aliphatic rings. The van der Waals surface area contributed by atoms with Gasteiger partial charge in [-0.05, 0) is 53.8 Å². The molecular formula is C21H23N5O. The summed E-state index contributed by atoms with van der Waals surface area (Å²) in [4.78, 5) is 16.2. The number of carbonyl (C=O) groups is 1. The van der Waals surface area contributed by atoms with Gasteiger partial charge in [-0.15, -0.1) is 10.2 Å². The van der Waals surface area contributed by atoms with Crippen molar-refractivity contribution in [3.8, 4) is 0 Å². The Labute approximate surface area is 159 Å². The second-order valence-corrected chi connectivity index (χ2v) is 6.66. The Morgan fingerprint density at radius 2 is 1.81 bits per heavy atom. The van der Waals surface area contributed by atoms with E-state index >= 15 is 0 Å². The Bertz CT molecular complexity index is 908. The molecule has 0 atom stereocenters. The molecule has 2 aromatic heterocycles. The number of aryl methyl sites for hydroxylation is 1. The summed E-state index contributed by atoms with van der Waals surface area (Å²) in [7, 11) is 0. The molecule has 27 heavy (non-hydrogen) atoms. The van der Waals surface area contributed by atoms with Crippen LogP contribution in [0.2, 0.25) is 0 Å². The third-order valence-electron chi connectivity index (χ3n) is 4.28. The van der Waals surface area contributed by atoms with Crippen molar-refractivity contribution in [3.05, 3.63) is 77.2 Å². The Balaban J connectivity index is 1.68. The lowest BCUT2D eigenvalue weighted by molar-refractivity contribution is 0.0945. The quantitative estimate of drug-likeness (QED) is 0.694. The number of para-hydroxylation sites is 1. The first-order chi connectivity index (χ1) is 13.0. The zero-order valence-electron chi connectivity index (χ0n) is 15.7. The van der Waals surface area contributed by atoms with E-state index in [0.29, 0.717) is 18.3 Å². The van der Waals surface area contributed by atoms with Gasteiger partial charge >= 0.3 is 0 Å². The molecular weight excluding hydrogens is 338 g/mol. The van der Waals surface area contributed by atoms with Gasteiger partial charge in [-0.2, -0.15) is 0 Å². The van der Waals surface area contributed by atoms with E-state index in [4.69, 9.17) is 0 Å². The highest BCUT2D eigenvalue weighted by Gasteiger charge is 2.12. The van der Waals surface area contributed by atoms with E-state index in [0.717, 1.165) is 16.8 Å². The molecule has 3 rings (SSSR count). The third kappa shape index (κ3) is 4.67. The number of aromatic nitrogens is 3. The molecule has 2 N–H and O–H groups in total. The van der Waals surface area contributed by atoms with Crippen LogP contribution in [0.25, 0.3) is 0 Å². The van der Waals surface area contributed by atoms with Gasteiger partial charge in [0.15, 0.2) is 11.5 Å². The summed E-state index contributed by atoms with van der Waals surface area (Å²) >= 11 is 0. The maximum absolute atomic E-state index is 12.2. The smallest absolute Gasteiger partial charge is 0.272 e. The van der Waals surface area contributed by atoms with Gasteiger partial charge < -0.3 is 10.6 Å². The summed E-state index contributed by atoms with van der Waals surface area (Å²) in [5.74, 6) is 0.736. The van der Waals surface area contributed by atoms with Crippen molar-refractivity contribution in [2.75, 3.05) is 5.32 Å². The molecule has 6 nitrogen and oxygen atoms in total. The van der Waals surface area contributed by atoms with Crippen molar-refractivity contribution >= 4 is 17.4 Å². The number of amides is 1. The fourth-order valence-corrected chi connectivity index (χ4v) is 2.76. The summed E-state index contributed by atoms with van der Waals surface area (Å²) in [6.45, 7) is 6.79. The monoisotopic (exact) mass is 361 g/mol. The van der Waals surface area contributed by atoms with E-state index < -0.39 is 0 Å². The van der Waals surface area contributed by atoms with Crippen molar-refractivity contribution in [3.63, 3.8) is 0 Å². The molecule has 1 amide bonds. The Morgan fingerprint density at radius 1 is 1.04 bits per heavy atom. The molecule has 0 bridgehead atoms. The minimum absolute atomic E-state index is 0.260. The minimum atomic E-state index is -0.260. The van der Waals surface area contributed by atoms with Crippen molar-refractivity contribution < 1.29 is 4.79 Å². The molecule has 2 heterocycles. The zero-order valence-corrected chi connectivity index (χ0v) is 15.7. The van der Waals surface area contributed by atoms with Crippen LogP contribution in [0.4, 0.5) is 11.5 Å². The number of pyridine rings is 1. The van der Waals surface area contributed by atoms with Crippen molar-refractivity contribution in [2.24, 2.45) is 0 Å². The van der Waals surface area contributed by atoms with Gasteiger partial charge in [0.1, 0.15) is 0 Å². The van der Waals surface area contributed by atoms with Crippen molar-refractivity contribution in [1.82, 2.24) is 20.5 Å². The lowest BCUT2D eigenvalue weighted by Gasteiger charge is -2.16. The van der Waals surface area contributed by atoms with Crippen LogP contribution in [-0.4, -0.2) is 21.1 Å².